The fraction of sp³-hybridized carbons (Fsp3) is 0.318. The summed E-state index contributed by atoms with van der Waals surface area (Å²) in [4.78, 5) is 16.7. The lowest BCUT2D eigenvalue weighted by Gasteiger charge is -2.34. The monoisotopic (exact) mass is 380 g/mol. The minimum atomic E-state index is 0.0397. The number of amides is 1. The van der Waals surface area contributed by atoms with E-state index in [-0.39, 0.29) is 12.7 Å². The highest BCUT2D eigenvalue weighted by molar-refractivity contribution is 5.92. The van der Waals surface area contributed by atoms with Crippen molar-refractivity contribution >= 4 is 12.0 Å². The molecular formula is C22H24N2O4. The third kappa shape index (κ3) is 4.64. The number of piperazine rings is 1. The van der Waals surface area contributed by atoms with E-state index in [0.717, 1.165) is 55.5 Å². The minimum absolute atomic E-state index is 0.0397. The van der Waals surface area contributed by atoms with Gasteiger partial charge in [0.1, 0.15) is 12.4 Å². The van der Waals surface area contributed by atoms with E-state index in [1.807, 2.05) is 59.5 Å². The third-order valence-corrected chi connectivity index (χ3v) is 4.92. The van der Waals surface area contributed by atoms with Crippen LogP contribution in [0.1, 0.15) is 5.56 Å². The molecule has 28 heavy (non-hydrogen) atoms. The molecule has 0 saturated carbocycles. The summed E-state index contributed by atoms with van der Waals surface area (Å²) in [5.74, 6) is 2.40. The smallest absolute Gasteiger partial charge is 0.246 e. The van der Waals surface area contributed by atoms with E-state index in [1.165, 1.54) is 0 Å². The zero-order chi connectivity index (χ0) is 19.2. The first-order valence-corrected chi connectivity index (χ1v) is 9.55. The number of para-hydroxylation sites is 1. The molecule has 1 fully saturated rings. The molecule has 2 heterocycles. The number of carbonyl (C=O) groups excluding carboxylic acids is 1. The summed E-state index contributed by atoms with van der Waals surface area (Å²) in [6.45, 7) is 4.96. The Kier molecular flexibility index (Phi) is 5.77. The standard InChI is InChI=1S/C22H24N2O4/c25-22(9-7-18-6-8-20-21(16-18)28-17-27-20)24-12-10-23(11-13-24)14-15-26-19-4-2-1-3-5-19/h1-9,16H,10-15,17H2/b9-7+. The summed E-state index contributed by atoms with van der Waals surface area (Å²) < 4.78 is 16.4. The normalized spacial score (nSPS) is 16.5. The maximum Gasteiger partial charge on any atom is 0.246 e. The number of hydrogen-bond acceptors (Lipinski definition) is 5. The molecule has 2 aliphatic rings. The van der Waals surface area contributed by atoms with E-state index in [4.69, 9.17) is 14.2 Å². The average molecular weight is 380 g/mol. The van der Waals surface area contributed by atoms with Crippen LogP contribution in [0.15, 0.2) is 54.6 Å². The molecular weight excluding hydrogens is 356 g/mol. The molecule has 0 atom stereocenters. The Morgan fingerprint density at radius 1 is 1.00 bits per heavy atom. The highest BCUT2D eigenvalue weighted by atomic mass is 16.7. The van der Waals surface area contributed by atoms with E-state index in [0.29, 0.717) is 6.61 Å². The number of ether oxygens (including phenoxy) is 3. The van der Waals surface area contributed by atoms with Crippen molar-refractivity contribution in [2.75, 3.05) is 46.1 Å². The lowest BCUT2D eigenvalue weighted by atomic mass is 10.2. The van der Waals surface area contributed by atoms with Gasteiger partial charge in [0, 0.05) is 38.8 Å². The quantitative estimate of drug-likeness (QED) is 0.721. The molecule has 0 N–H and O–H groups in total. The molecule has 6 nitrogen and oxygen atoms in total. The summed E-state index contributed by atoms with van der Waals surface area (Å²) in [6.07, 6.45) is 3.45. The van der Waals surface area contributed by atoms with Gasteiger partial charge in [0.15, 0.2) is 11.5 Å². The van der Waals surface area contributed by atoms with Crippen LogP contribution in [0.25, 0.3) is 6.08 Å². The second-order valence-electron chi connectivity index (χ2n) is 6.77. The second kappa shape index (κ2) is 8.80. The summed E-state index contributed by atoms with van der Waals surface area (Å²) >= 11 is 0. The van der Waals surface area contributed by atoms with Gasteiger partial charge in [0.2, 0.25) is 12.7 Å². The Balaban J connectivity index is 1.20. The van der Waals surface area contributed by atoms with Gasteiger partial charge in [0.25, 0.3) is 0 Å². The van der Waals surface area contributed by atoms with Gasteiger partial charge in [0.05, 0.1) is 0 Å². The van der Waals surface area contributed by atoms with Crippen LogP contribution >= 0.6 is 0 Å². The zero-order valence-corrected chi connectivity index (χ0v) is 15.8. The van der Waals surface area contributed by atoms with Gasteiger partial charge in [-0.15, -0.1) is 0 Å². The van der Waals surface area contributed by atoms with Crippen LogP contribution in [0.2, 0.25) is 0 Å². The Morgan fingerprint density at radius 3 is 2.61 bits per heavy atom. The molecule has 0 aromatic heterocycles. The van der Waals surface area contributed by atoms with Crippen LogP contribution in [-0.2, 0) is 4.79 Å². The molecule has 1 amide bonds. The topological polar surface area (TPSA) is 51.2 Å². The first-order valence-electron chi connectivity index (χ1n) is 9.55. The number of benzene rings is 2. The van der Waals surface area contributed by atoms with E-state index in [2.05, 4.69) is 4.90 Å². The summed E-state index contributed by atoms with van der Waals surface area (Å²) in [6, 6.07) is 15.5. The SMILES string of the molecule is O=C(/C=C/c1ccc2c(c1)OCO2)N1CCN(CCOc2ccccc2)CC1. The molecule has 2 aromatic rings. The number of nitrogens with zero attached hydrogens (tertiary/aromatic N) is 2. The molecule has 1 saturated heterocycles. The number of fused-ring (bicyclic) bond motifs is 1. The Bertz CT molecular complexity index is 830. The van der Waals surface area contributed by atoms with Crippen LogP contribution < -0.4 is 14.2 Å². The zero-order valence-electron chi connectivity index (χ0n) is 15.8. The van der Waals surface area contributed by atoms with Crippen molar-refractivity contribution in [1.29, 1.82) is 0 Å². The van der Waals surface area contributed by atoms with Crippen LogP contribution in [0.4, 0.5) is 0 Å². The lowest BCUT2D eigenvalue weighted by Crippen LogP contribution is -2.49. The van der Waals surface area contributed by atoms with Gasteiger partial charge >= 0.3 is 0 Å². The molecule has 2 aromatic carbocycles. The largest absolute Gasteiger partial charge is 0.492 e. The first-order chi connectivity index (χ1) is 13.8. The fourth-order valence-corrected chi connectivity index (χ4v) is 3.29. The van der Waals surface area contributed by atoms with Gasteiger partial charge < -0.3 is 19.1 Å². The average Bonchev–Trinajstić information content (AvgIpc) is 3.21. The minimum Gasteiger partial charge on any atom is -0.492 e. The van der Waals surface area contributed by atoms with Crippen molar-refractivity contribution in [3.05, 3.63) is 60.2 Å². The summed E-state index contributed by atoms with van der Waals surface area (Å²) in [5.41, 5.74) is 0.925. The Morgan fingerprint density at radius 2 is 1.79 bits per heavy atom. The van der Waals surface area contributed by atoms with Crippen LogP contribution in [-0.4, -0.2) is 61.8 Å². The first kappa shape index (κ1) is 18.4. The maximum atomic E-state index is 12.5. The molecule has 4 rings (SSSR count). The highest BCUT2D eigenvalue weighted by Gasteiger charge is 2.19. The molecule has 146 valence electrons. The van der Waals surface area contributed by atoms with Crippen molar-refractivity contribution in [2.24, 2.45) is 0 Å². The van der Waals surface area contributed by atoms with Crippen LogP contribution in [0, 0.1) is 0 Å². The van der Waals surface area contributed by atoms with Gasteiger partial charge in [-0.2, -0.15) is 0 Å². The van der Waals surface area contributed by atoms with E-state index < -0.39 is 0 Å². The predicted octanol–water partition coefficient (Wildman–Crippen LogP) is 2.65. The molecule has 0 aliphatic carbocycles. The number of rotatable bonds is 6. The Hall–Kier alpha value is -2.99. The van der Waals surface area contributed by atoms with Crippen LogP contribution in [0.3, 0.4) is 0 Å². The Labute approximate surface area is 164 Å². The third-order valence-electron chi connectivity index (χ3n) is 4.92. The lowest BCUT2D eigenvalue weighted by molar-refractivity contribution is -0.127. The highest BCUT2D eigenvalue weighted by Crippen LogP contribution is 2.32. The van der Waals surface area contributed by atoms with E-state index >= 15 is 0 Å². The molecule has 0 unspecified atom stereocenters. The van der Waals surface area contributed by atoms with Crippen molar-refractivity contribution in [2.45, 2.75) is 0 Å². The van der Waals surface area contributed by atoms with Crippen molar-refractivity contribution in [3.8, 4) is 17.2 Å². The molecule has 0 radical (unpaired) electrons. The van der Waals surface area contributed by atoms with Gasteiger partial charge in [-0.1, -0.05) is 24.3 Å². The molecule has 0 spiro atoms. The summed E-state index contributed by atoms with van der Waals surface area (Å²) in [5, 5.41) is 0. The summed E-state index contributed by atoms with van der Waals surface area (Å²) in [7, 11) is 0. The second-order valence-corrected chi connectivity index (χ2v) is 6.77. The molecule has 2 aliphatic heterocycles. The van der Waals surface area contributed by atoms with E-state index in [1.54, 1.807) is 6.08 Å². The van der Waals surface area contributed by atoms with Crippen molar-refractivity contribution < 1.29 is 19.0 Å². The van der Waals surface area contributed by atoms with E-state index in [9.17, 15) is 4.79 Å². The maximum absolute atomic E-state index is 12.5. The van der Waals surface area contributed by atoms with Gasteiger partial charge in [-0.25, -0.2) is 0 Å². The van der Waals surface area contributed by atoms with Crippen molar-refractivity contribution in [1.82, 2.24) is 9.80 Å². The molecule has 0 bridgehead atoms. The van der Waals surface area contributed by atoms with Gasteiger partial charge in [-0.3, -0.25) is 9.69 Å². The predicted molar refractivity (Wildman–Crippen MR) is 107 cm³/mol. The van der Waals surface area contributed by atoms with Gasteiger partial charge in [-0.05, 0) is 35.9 Å². The van der Waals surface area contributed by atoms with Crippen LogP contribution in [0.5, 0.6) is 17.2 Å². The molecule has 6 heteroatoms. The number of carbonyl (C=O) groups is 1. The van der Waals surface area contributed by atoms with Crippen molar-refractivity contribution in [3.63, 3.8) is 0 Å². The fourth-order valence-electron chi connectivity index (χ4n) is 3.29. The number of hydrogen-bond donors (Lipinski definition) is 0.